The van der Waals surface area contributed by atoms with Crippen LogP contribution in [0.4, 0.5) is 5.69 Å². The molecule has 3 aromatic rings. The number of nitrogens with zero attached hydrogens (tertiary/aromatic N) is 1. The van der Waals surface area contributed by atoms with Crippen LogP contribution in [-0.4, -0.2) is 23.6 Å². The molecular formula is C19H15ClN2O5. The summed E-state index contributed by atoms with van der Waals surface area (Å²) in [6.45, 7) is 0.209. The van der Waals surface area contributed by atoms with E-state index in [2.05, 4.69) is 10.1 Å². The van der Waals surface area contributed by atoms with Crippen LogP contribution >= 0.6 is 11.6 Å². The minimum Gasteiger partial charge on any atom is -0.465 e. The first kappa shape index (κ1) is 18.5. The van der Waals surface area contributed by atoms with E-state index in [0.717, 1.165) is 0 Å². The standard InChI is InChI=1S/C19H15ClN2O5/c1-26-19(25)14-10-12(5-7-15(14)20)21-18(24)16-8-6-13(27-16)11-22-9-3-2-4-17(22)23/h2-10H,11H2,1H3,(H,21,24). The van der Waals surface area contributed by atoms with Gasteiger partial charge in [-0.05, 0) is 36.4 Å². The molecule has 138 valence electrons. The van der Waals surface area contributed by atoms with E-state index < -0.39 is 11.9 Å². The molecule has 0 aliphatic carbocycles. The minimum atomic E-state index is -0.607. The number of methoxy groups -OCH3 is 1. The Bertz CT molecular complexity index is 1050. The number of furan rings is 1. The lowest BCUT2D eigenvalue weighted by Gasteiger charge is -2.07. The van der Waals surface area contributed by atoms with E-state index in [1.807, 2.05) is 0 Å². The van der Waals surface area contributed by atoms with Crippen molar-refractivity contribution in [2.75, 3.05) is 12.4 Å². The quantitative estimate of drug-likeness (QED) is 0.680. The number of amides is 1. The summed E-state index contributed by atoms with van der Waals surface area (Å²) in [7, 11) is 1.24. The highest BCUT2D eigenvalue weighted by Gasteiger charge is 2.15. The first-order valence-corrected chi connectivity index (χ1v) is 8.29. The van der Waals surface area contributed by atoms with Crippen LogP contribution in [0.25, 0.3) is 0 Å². The minimum absolute atomic E-state index is 0.0727. The number of carbonyl (C=O) groups excluding carboxylic acids is 2. The number of hydrogen-bond acceptors (Lipinski definition) is 5. The van der Waals surface area contributed by atoms with Crippen LogP contribution < -0.4 is 10.9 Å². The van der Waals surface area contributed by atoms with E-state index >= 15 is 0 Å². The maximum atomic E-state index is 12.4. The van der Waals surface area contributed by atoms with Crippen molar-refractivity contribution in [2.24, 2.45) is 0 Å². The molecule has 2 heterocycles. The van der Waals surface area contributed by atoms with Crippen molar-refractivity contribution in [1.29, 1.82) is 0 Å². The van der Waals surface area contributed by atoms with Crippen LogP contribution in [0.15, 0.2) is 63.9 Å². The van der Waals surface area contributed by atoms with Gasteiger partial charge in [0.25, 0.3) is 11.5 Å². The number of rotatable bonds is 5. The summed E-state index contributed by atoms with van der Waals surface area (Å²) in [6, 6.07) is 12.4. The molecule has 0 aliphatic heterocycles. The zero-order valence-corrected chi connectivity index (χ0v) is 15.0. The fraction of sp³-hybridized carbons (Fsp3) is 0.105. The Morgan fingerprint density at radius 2 is 2.00 bits per heavy atom. The van der Waals surface area contributed by atoms with Gasteiger partial charge < -0.3 is 19.0 Å². The van der Waals surface area contributed by atoms with Gasteiger partial charge in [-0.15, -0.1) is 0 Å². The second kappa shape index (κ2) is 7.92. The summed E-state index contributed by atoms with van der Waals surface area (Å²) in [4.78, 5) is 35.8. The molecule has 1 aromatic carbocycles. The first-order valence-electron chi connectivity index (χ1n) is 7.91. The summed E-state index contributed by atoms with van der Waals surface area (Å²) in [5, 5.41) is 2.84. The maximum absolute atomic E-state index is 12.4. The lowest BCUT2D eigenvalue weighted by atomic mass is 10.2. The lowest BCUT2D eigenvalue weighted by molar-refractivity contribution is 0.0600. The Balaban J connectivity index is 1.74. The zero-order chi connectivity index (χ0) is 19.4. The van der Waals surface area contributed by atoms with Crippen LogP contribution in [0.5, 0.6) is 0 Å². The molecule has 0 aliphatic rings. The number of ether oxygens (including phenoxy) is 1. The highest BCUT2D eigenvalue weighted by Crippen LogP contribution is 2.22. The molecule has 2 aromatic heterocycles. The van der Waals surface area contributed by atoms with Crippen molar-refractivity contribution in [3.63, 3.8) is 0 Å². The Kier molecular flexibility index (Phi) is 5.42. The van der Waals surface area contributed by atoms with Crippen molar-refractivity contribution in [2.45, 2.75) is 6.54 Å². The van der Waals surface area contributed by atoms with Gasteiger partial charge >= 0.3 is 5.97 Å². The monoisotopic (exact) mass is 386 g/mol. The van der Waals surface area contributed by atoms with Crippen molar-refractivity contribution in [3.05, 3.63) is 87.2 Å². The fourth-order valence-corrected chi connectivity index (χ4v) is 2.60. The Morgan fingerprint density at radius 3 is 2.74 bits per heavy atom. The van der Waals surface area contributed by atoms with Gasteiger partial charge in [-0.25, -0.2) is 4.79 Å². The SMILES string of the molecule is COC(=O)c1cc(NC(=O)c2ccc(Cn3ccccc3=O)o2)ccc1Cl. The predicted octanol–water partition coefficient (Wildman–Crippen LogP) is 3.18. The summed E-state index contributed by atoms with van der Waals surface area (Å²) < 4.78 is 11.6. The molecule has 0 bridgehead atoms. The highest BCUT2D eigenvalue weighted by atomic mass is 35.5. The van der Waals surface area contributed by atoms with E-state index in [-0.39, 0.29) is 28.5 Å². The van der Waals surface area contributed by atoms with Crippen molar-refractivity contribution in [3.8, 4) is 0 Å². The van der Waals surface area contributed by atoms with Crippen molar-refractivity contribution in [1.82, 2.24) is 4.57 Å². The number of anilines is 1. The molecule has 27 heavy (non-hydrogen) atoms. The Morgan fingerprint density at radius 1 is 1.19 bits per heavy atom. The summed E-state index contributed by atoms with van der Waals surface area (Å²) in [5.74, 6) is -0.576. The molecule has 0 fully saturated rings. The Hall–Kier alpha value is -3.32. The number of pyridine rings is 1. The number of benzene rings is 1. The Labute approximate surface area is 159 Å². The van der Waals surface area contributed by atoms with E-state index in [9.17, 15) is 14.4 Å². The van der Waals surface area contributed by atoms with E-state index in [1.54, 1.807) is 30.5 Å². The second-order valence-corrected chi connectivity index (χ2v) is 5.98. The van der Waals surface area contributed by atoms with Crippen LogP contribution in [0.3, 0.4) is 0 Å². The number of aromatic nitrogens is 1. The average Bonchev–Trinajstić information content (AvgIpc) is 3.13. The van der Waals surface area contributed by atoms with Gasteiger partial charge in [0.15, 0.2) is 5.76 Å². The van der Waals surface area contributed by atoms with Gasteiger partial charge in [-0.3, -0.25) is 9.59 Å². The third kappa shape index (κ3) is 4.27. The molecule has 0 saturated carbocycles. The van der Waals surface area contributed by atoms with Crippen LogP contribution in [0.1, 0.15) is 26.7 Å². The molecule has 1 N–H and O–H groups in total. The summed E-state index contributed by atoms with van der Waals surface area (Å²) >= 11 is 5.96. The number of nitrogens with one attached hydrogen (secondary N) is 1. The molecule has 0 saturated heterocycles. The molecule has 7 nitrogen and oxygen atoms in total. The van der Waals surface area contributed by atoms with E-state index in [1.165, 1.54) is 35.9 Å². The number of halogens is 1. The number of hydrogen-bond donors (Lipinski definition) is 1. The van der Waals surface area contributed by atoms with Crippen molar-refractivity contribution >= 4 is 29.2 Å². The van der Waals surface area contributed by atoms with Crippen LogP contribution in [0.2, 0.25) is 5.02 Å². The third-order valence-electron chi connectivity index (χ3n) is 3.74. The van der Waals surface area contributed by atoms with Crippen LogP contribution in [-0.2, 0) is 11.3 Å². The maximum Gasteiger partial charge on any atom is 0.339 e. The van der Waals surface area contributed by atoms with Gasteiger partial charge in [0.05, 0.1) is 24.2 Å². The third-order valence-corrected chi connectivity index (χ3v) is 4.07. The molecule has 0 spiro atoms. The van der Waals surface area contributed by atoms with Gasteiger partial charge in [0, 0.05) is 18.0 Å². The van der Waals surface area contributed by atoms with Gasteiger partial charge in [-0.2, -0.15) is 0 Å². The highest BCUT2D eigenvalue weighted by molar-refractivity contribution is 6.33. The molecule has 0 radical (unpaired) electrons. The second-order valence-electron chi connectivity index (χ2n) is 5.57. The fourth-order valence-electron chi connectivity index (χ4n) is 2.41. The molecule has 0 unspecified atom stereocenters. The average molecular weight is 387 g/mol. The summed E-state index contributed by atoms with van der Waals surface area (Å²) in [6.07, 6.45) is 1.63. The smallest absolute Gasteiger partial charge is 0.339 e. The molecule has 1 amide bonds. The summed E-state index contributed by atoms with van der Waals surface area (Å²) in [5.41, 5.74) is 0.332. The van der Waals surface area contributed by atoms with Gasteiger partial charge in [0.1, 0.15) is 5.76 Å². The van der Waals surface area contributed by atoms with Crippen molar-refractivity contribution < 1.29 is 18.7 Å². The molecule has 0 atom stereocenters. The van der Waals surface area contributed by atoms with Gasteiger partial charge in [0.2, 0.25) is 0 Å². The first-order chi connectivity index (χ1) is 13.0. The predicted molar refractivity (Wildman–Crippen MR) is 99.3 cm³/mol. The molecule has 3 rings (SSSR count). The normalized spacial score (nSPS) is 10.4. The molecule has 8 heteroatoms. The topological polar surface area (TPSA) is 90.5 Å². The lowest BCUT2D eigenvalue weighted by Crippen LogP contribution is -2.18. The van der Waals surface area contributed by atoms with E-state index in [4.69, 9.17) is 16.0 Å². The van der Waals surface area contributed by atoms with Gasteiger partial charge in [-0.1, -0.05) is 17.7 Å². The van der Waals surface area contributed by atoms with Crippen LogP contribution in [0, 0.1) is 0 Å². The number of esters is 1. The number of carbonyl (C=O) groups is 2. The zero-order valence-electron chi connectivity index (χ0n) is 14.3. The van der Waals surface area contributed by atoms with E-state index in [0.29, 0.717) is 11.4 Å². The molecular weight excluding hydrogens is 372 g/mol. The largest absolute Gasteiger partial charge is 0.465 e.